The predicted molar refractivity (Wildman–Crippen MR) is 43.8 cm³/mol. The summed E-state index contributed by atoms with van der Waals surface area (Å²) < 4.78 is 0. The van der Waals surface area contributed by atoms with Crippen LogP contribution in [0.1, 0.15) is 0 Å². The summed E-state index contributed by atoms with van der Waals surface area (Å²) in [6, 6.07) is 7.18. The molecule has 54 valence electrons. The number of H-pyrrole nitrogens is 1. The molecule has 1 heterocycles. The largest absolute Gasteiger partial charge is 0.361 e. The smallest absolute Gasteiger partial charge is 0.108 e. The molecule has 0 unspecified atom stereocenters. The monoisotopic (exact) mass is 146 g/mol. The van der Waals surface area contributed by atoms with Gasteiger partial charge < -0.3 is 4.98 Å². The Balaban J connectivity index is 2.76. The molecule has 0 aliphatic rings. The van der Waals surface area contributed by atoms with Gasteiger partial charge in [-0.3, -0.25) is 0 Å². The van der Waals surface area contributed by atoms with Crippen molar-refractivity contribution < 1.29 is 0 Å². The highest BCUT2D eigenvalue weighted by Crippen LogP contribution is 2.19. The Hall–Kier alpha value is -1.64. The van der Waals surface area contributed by atoms with Crippen molar-refractivity contribution in [2.75, 3.05) is 0 Å². The van der Waals surface area contributed by atoms with Crippen molar-refractivity contribution in [1.29, 1.82) is 0 Å². The first-order valence-electron chi connectivity index (χ1n) is 3.30. The third-order valence-corrected chi connectivity index (χ3v) is 1.64. The van der Waals surface area contributed by atoms with Crippen LogP contribution in [0.2, 0.25) is 0 Å². The summed E-state index contributed by atoms with van der Waals surface area (Å²) in [5.74, 6) is 0. The fourth-order valence-electron chi connectivity index (χ4n) is 1.10. The van der Waals surface area contributed by atoms with Gasteiger partial charge >= 0.3 is 0 Å². The molecule has 2 rings (SSSR count). The zero-order chi connectivity index (χ0) is 7.68. The minimum Gasteiger partial charge on any atom is -0.361 e. The molecule has 0 radical (unpaired) electrons. The Bertz CT molecular complexity index is 392. The molecule has 0 spiro atoms. The Labute approximate surface area is 63.0 Å². The average Bonchev–Trinajstić information content (AvgIpc) is 2.50. The highest BCUT2D eigenvalue weighted by atomic mass is 16.3. The second kappa shape index (κ2) is 2.20. The van der Waals surface area contributed by atoms with Gasteiger partial charge in [0.2, 0.25) is 0 Å². The van der Waals surface area contributed by atoms with E-state index in [-0.39, 0.29) is 0 Å². The summed E-state index contributed by atoms with van der Waals surface area (Å²) in [7, 11) is 0. The van der Waals surface area contributed by atoms with Gasteiger partial charge in [0.15, 0.2) is 0 Å². The average molecular weight is 146 g/mol. The van der Waals surface area contributed by atoms with Gasteiger partial charge in [-0.2, -0.15) is 0 Å². The summed E-state index contributed by atoms with van der Waals surface area (Å²) >= 11 is 0. The number of rotatable bonds is 1. The minimum absolute atomic E-state index is 0.470. The molecule has 0 aliphatic heterocycles. The van der Waals surface area contributed by atoms with Crippen LogP contribution in [0.3, 0.4) is 0 Å². The molecule has 11 heavy (non-hydrogen) atoms. The van der Waals surface area contributed by atoms with Crippen LogP contribution in [0.15, 0.2) is 35.6 Å². The Morgan fingerprint density at radius 1 is 1.27 bits per heavy atom. The van der Waals surface area contributed by atoms with Crippen LogP contribution in [-0.4, -0.2) is 4.98 Å². The number of aromatic amines is 1. The molecule has 1 aromatic heterocycles. The van der Waals surface area contributed by atoms with E-state index in [0.717, 1.165) is 10.9 Å². The van der Waals surface area contributed by atoms with Gasteiger partial charge in [0, 0.05) is 17.1 Å². The second-order valence-corrected chi connectivity index (χ2v) is 2.34. The maximum absolute atomic E-state index is 10.1. The van der Waals surface area contributed by atoms with Gasteiger partial charge in [-0.05, 0) is 29.4 Å². The SMILES string of the molecule is O=Nc1ccc2[nH]ccc2c1. The van der Waals surface area contributed by atoms with E-state index in [2.05, 4.69) is 10.2 Å². The van der Waals surface area contributed by atoms with Crippen molar-refractivity contribution >= 4 is 16.6 Å². The van der Waals surface area contributed by atoms with E-state index in [9.17, 15) is 4.91 Å². The Kier molecular flexibility index (Phi) is 1.22. The minimum atomic E-state index is 0.470. The Morgan fingerprint density at radius 2 is 2.18 bits per heavy atom. The molecule has 0 aliphatic carbocycles. The molecule has 0 fully saturated rings. The molecular formula is C8H6N2O. The van der Waals surface area contributed by atoms with Crippen molar-refractivity contribution in [1.82, 2.24) is 4.98 Å². The van der Waals surface area contributed by atoms with Gasteiger partial charge in [0.25, 0.3) is 0 Å². The van der Waals surface area contributed by atoms with Crippen molar-refractivity contribution in [3.8, 4) is 0 Å². The molecule has 3 nitrogen and oxygen atoms in total. The topological polar surface area (TPSA) is 45.2 Å². The number of hydrogen-bond acceptors (Lipinski definition) is 2. The third-order valence-electron chi connectivity index (χ3n) is 1.64. The second-order valence-electron chi connectivity index (χ2n) is 2.34. The summed E-state index contributed by atoms with van der Waals surface area (Å²) in [6.45, 7) is 0. The maximum Gasteiger partial charge on any atom is 0.108 e. The lowest BCUT2D eigenvalue weighted by atomic mass is 10.2. The standard InChI is InChI=1S/C8H6N2O/c11-10-7-1-2-8-6(5-7)3-4-9-8/h1-5,9H. The highest BCUT2D eigenvalue weighted by Gasteiger charge is 1.94. The van der Waals surface area contributed by atoms with Crippen LogP contribution < -0.4 is 0 Å². The molecule has 1 aromatic carbocycles. The zero-order valence-electron chi connectivity index (χ0n) is 5.74. The third kappa shape index (κ3) is 0.902. The van der Waals surface area contributed by atoms with Gasteiger partial charge in [-0.1, -0.05) is 0 Å². The first-order chi connectivity index (χ1) is 5.40. The highest BCUT2D eigenvalue weighted by molar-refractivity contribution is 5.82. The number of nitrogens with one attached hydrogen (secondary N) is 1. The number of nitroso groups, excluding NO2 is 1. The van der Waals surface area contributed by atoms with E-state index in [1.54, 1.807) is 12.1 Å². The predicted octanol–water partition coefficient (Wildman–Crippen LogP) is 2.57. The molecular weight excluding hydrogens is 140 g/mol. The summed E-state index contributed by atoms with van der Waals surface area (Å²) in [5.41, 5.74) is 1.49. The van der Waals surface area contributed by atoms with Crippen LogP contribution in [0.4, 0.5) is 5.69 Å². The lowest BCUT2D eigenvalue weighted by Gasteiger charge is -1.88. The van der Waals surface area contributed by atoms with Crippen LogP contribution in [0.25, 0.3) is 10.9 Å². The van der Waals surface area contributed by atoms with Crippen molar-refractivity contribution in [2.45, 2.75) is 0 Å². The number of fused-ring (bicyclic) bond motifs is 1. The number of hydrogen-bond donors (Lipinski definition) is 1. The summed E-state index contributed by atoms with van der Waals surface area (Å²) in [6.07, 6.45) is 1.83. The van der Waals surface area contributed by atoms with Crippen LogP contribution in [0, 0.1) is 4.91 Å². The van der Waals surface area contributed by atoms with E-state index in [0.29, 0.717) is 5.69 Å². The van der Waals surface area contributed by atoms with E-state index in [1.807, 2.05) is 18.3 Å². The first-order valence-corrected chi connectivity index (χ1v) is 3.30. The molecule has 0 bridgehead atoms. The summed E-state index contributed by atoms with van der Waals surface area (Å²) in [4.78, 5) is 13.1. The molecule has 0 amide bonds. The molecule has 2 aromatic rings. The van der Waals surface area contributed by atoms with Gasteiger partial charge in [-0.15, -0.1) is 4.91 Å². The van der Waals surface area contributed by atoms with Crippen LogP contribution in [-0.2, 0) is 0 Å². The van der Waals surface area contributed by atoms with Gasteiger partial charge in [0.05, 0.1) is 0 Å². The quantitative estimate of drug-likeness (QED) is 0.617. The molecule has 0 atom stereocenters. The lowest BCUT2D eigenvalue weighted by molar-refractivity contribution is 1.47. The zero-order valence-corrected chi connectivity index (χ0v) is 5.74. The van der Waals surface area contributed by atoms with E-state index in [4.69, 9.17) is 0 Å². The van der Waals surface area contributed by atoms with Crippen molar-refractivity contribution in [2.24, 2.45) is 5.18 Å². The van der Waals surface area contributed by atoms with E-state index in [1.165, 1.54) is 0 Å². The first kappa shape index (κ1) is 6.09. The summed E-state index contributed by atoms with van der Waals surface area (Å²) in [5, 5.41) is 3.85. The van der Waals surface area contributed by atoms with Crippen molar-refractivity contribution in [3.63, 3.8) is 0 Å². The molecule has 3 heteroatoms. The number of benzene rings is 1. The maximum atomic E-state index is 10.1. The van der Waals surface area contributed by atoms with Gasteiger partial charge in [-0.25, -0.2) is 0 Å². The Morgan fingerprint density at radius 3 is 3.00 bits per heavy atom. The van der Waals surface area contributed by atoms with Gasteiger partial charge in [0.1, 0.15) is 5.69 Å². The normalized spacial score (nSPS) is 10.2. The fraction of sp³-hybridized carbons (Fsp3) is 0. The lowest BCUT2D eigenvalue weighted by Crippen LogP contribution is -1.65. The molecule has 0 saturated carbocycles. The van der Waals surface area contributed by atoms with Crippen molar-refractivity contribution in [3.05, 3.63) is 35.4 Å². The van der Waals surface area contributed by atoms with E-state index >= 15 is 0 Å². The number of aromatic nitrogens is 1. The molecule has 1 N–H and O–H groups in total. The number of nitrogens with zero attached hydrogens (tertiary/aromatic N) is 1. The van der Waals surface area contributed by atoms with E-state index < -0.39 is 0 Å². The van der Waals surface area contributed by atoms with Crippen LogP contribution >= 0.6 is 0 Å². The molecule has 0 saturated heterocycles. The fourth-order valence-corrected chi connectivity index (χ4v) is 1.10. The van der Waals surface area contributed by atoms with Crippen LogP contribution in [0.5, 0.6) is 0 Å².